The smallest absolute Gasteiger partial charge is 0.338 e. The Balaban J connectivity index is 2.02. The Labute approximate surface area is 230 Å². The molecule has 0 bridgehead atoms. The highest BCUT2D eigenvalue weighted by Crippen LogP contribution is 2.37. The standard InChI is InChI=1S/C27H25BrN2O7S/c1-6-36-26(33)23-14(2)29-27-30(24(23)19-13-18(34-4)8-10-21(19)35-5)25(32)22(38-27)12-16-11-17(28)7-9-20(16)37-15(3)31/h7-13,24H,6H2,1-5H3/b22-12-/t24-/m0/s1. The van der Waals surface area contributed by atoms with Gasteiger partial charge in [-0.15, -0.1) is 0 Å². The molecular weight excluding hydrogens is 576 g/mol. The van der Waals surface area contributed by atoms with Gasteiger partial charge in [-0.05, 0) is 56.3 Å². The second-order valence-corrected chi connectivity index (χ2v) is 10.1. The van der Waals surface area contributed by atoms with Gasteiger partial charge in [-0.3, -0.25) is 14.2 Å². The highest BCUT2D eigenvalue weighted by molar-refractivity contribution is 9.10. The predicted octanol–water partition coefficient (Wildman–Crippen LogP) is 3.50. The van der Waals surface area contributed by atoms with Gasteiger partial charge in [0.1, 0.15) is 23.3 Å². The van der Waals surface area contributed by atoms with Crippen LogP contribution in [-0.4, -0.2) is 37.3 Å². The molecule has 1 aromatic heterocycles. The molecule has 1 aliphatic rings. The molecule has 11 heteroatoms. The lowest BCUT2D eigenvalue weighted by Crippen LogP contribution is -2.40. The molecule has 0 fully saturated rings. The molecule has 0 unspecified atom stereocenters. The lowest BCUT2D eigenvalue weighted by molar-refractivity contribution is -0.139. The number of allylic oxidation sites excluding steroid dienone is 1. The normalized spacial score (nSPS) is 15.0. The Morgan fingerprint density at radius 3 is 2.53 bits per heavy atom. The van der Waals surface area contributed by atoms with Crippen LogP contribution >= 0.6 is 27.3 Å². The lowest BCUT2D eigenvalue weighted by atomic mass is 9.94. The van der Waals surface area contributed by atoms with Crippen LogP contribution in [0.15, 0.2) is 61.9 Å². The zero-order valence-corrected chi connectivity index (χ0v) is 23.8. The average Bonchev–Trinajstić information content (AvgIpc) is 3.18. The molecule has 0 saturated carbocycles. The fourth-order valence-corrected chi connectivity index (χ4v) is 5.58. The van der Waals surface area contributed by atoms with E-state index in [0.29, 0.717) is 43.4 Å². The number of rotatable bonds is 7. The summed E-state index contributed by atoms with van der Waals surface area (Å²) in [6, 6.07) is 9.42. The van der Waals surface area contributed by atoms with E-state index in [4.69, 9.17) is 18.9 Å². The summed E-state index contributed by atoms with van der Waals surface area (Å²) >= 11 is 4.58. The van der Waals surface area contributed by atoms with Crippen molar-refractivity contribution in [2.45, 2.75) is 26.8 Å². The van der Waals surface area contributed by atoms with Gasteiger partial charge in [0.15, 0.2) is 4.80 Å². The fraction of sp³-hybridized carbons (Fsp3) is 0.259. The van der Waals surface area contributed by atoms with Gasteiger partial charge in [-0.2, -0.15) is 0 Å². The third kappa shape index (κ3) is 5.30. The molecule has 0 N–H and O–H groups in total. The quantitative estimate of drug-likeness (QED) is 0.302. The van der Waals surface area contributed by atoms with E-state index in [-0.39, 0.29) is 17.7 Å². The van der Waals surface area contributed by atoms with E-state index < -0.39 is 18.0 Å². The number of halogens is 1. The molecule has 9 nitrogen and oxygen atoms in total. The molecule has 0 spiro atoms. The van der Waals surface area contributed by atoms with Crippen LogP contribution in [0.3, 0.4) is 0 Å². The SMILES string of the molecule is CCOC(=O)C1=C(C)N=c2s/c(=C\c3cc(Br)ccc3OC(C)=O)c(=O)n2[C@H]1c1cc(OC)ccc1OC. The van der Waals surface area contributed by atoms with E-state index in [1.54, 1.807) is 56.3 Å². The Bertz CT molecular complexity index is 1640. The third-order valence-corrected chi connectivity index (χ3v) is 7.24. The highest BCUT2D eigenvalue weighted by atomic mass is 79.9. The Morgan fingerprint density at radius 2 is 1.87 bits per heavy atom. The van der Waals surface area contributed by atoms with E-state index in [9.17, 15) is 14.4 Å². The third-order valence-electron chi connectivity index (χ3n) is 5.76. The fourth-order valence-electron chi connectivity index (χ4n) is 4.16. The summed E-state index contributed by atoms with van der Waals surface area (Å²) in [6.45, 7) is 4.88. The molecule has 0 saturated heterocycles. The summed E-state index contributed by atoms with van der Waals surface area (Å²) in [7, 11) is 3.04. The van der Waals surface area contributed by atoms with Crippen LogP contribution in [0.2, 0.25) is 0 Å². The molecule has 2 aromatic carbocycles. The number of thiazole rings is 1. The van der Waals surface area contributed by atoms with Gasteiger partial charge in [-0.1, -0.05) is 27.3 Å². The number of carbonyl (C=O) groups is 2. The summed E-state index contributed by atoms with van der Waals surface area (Å²) in [4.78, 5) is 43.7. The van der Waals surface area contributed by atoms with Crippen molar-refractivity contribution in [3.8, 4) is 17.2 Å². The first kappa shape index (κ1) is 27.3. The number of aromatic nitrogens is 1. The van der Waals surface area contributed by atoms with Crippen molar-refractivity contribution in [2.75, 3.05) is 20.8 Å². The number of nitrogens with zero attached hydrogens (tertiary/aromatic N) is 2. The number of esters is 2. The first-order chi connectivity index (χ1) is 18.2. The zero-order chi connectivity index (χ0) is 27.6. The van der Waals surface area contributed by atoms with Crippen molar-refractivity contribution in [2.24, 2.45) is 4.99 Å². The minimum atomic E-state index is -0.882. The molecule has 38 heavy (non-hydrogen) atoms. The van der Waals surface area contributed by atoms with Gasteiger partial charge in [0, 0.05) is 22.5 Å². The molecule has 4 rings (SSSR count). The van der Waals surface area contributed by atoms with Gasteiger partial charge in [0.05, 0.1) is 36.6 Å². The second kappa shape index (κ2) is 11.4. The number of fused-ring (bicyclic) bond motifs is 1. The first-order valence-electron chi connectivity index (χ1n) is 11.6. The maximum Gasteiger partial charge on any atom is 0.338 e. The average molecular weight is 601 g/mol. The van der Waals surface area contributed by atoms with E-state index in [1.165, 1.54) is 25.7 Å². The number of carbonyl (C=O) groups excluding carboxylic acids is 2. The van der Waals surface area contributed by atoms with Gasteiger partial charge in [0.2, 0.25) is 0 Å². The largest absolute Gasteiger partial charge is 0.497 e. The molecule has 2 heterocycles. The summed E-state index contributed by atoms with van der Waals surface area (Å²) in [5.41, 5.74) is 1.33. The molecule has 1 atom stereocenters. The zero-order valence-electron chi connectivity index (χ0n) is 21.4. The van der Waals surface area contributed by atoms with Crippen molar-refractivity contribution < 1.29 is 28.5 Å². The van der Waals surface area contributed by atoms with Crippen LogP contribution in [0, 0.1) is 0 Å². The monoisotopic (exact) mass is 600 g/mol. The molecule has 1 aliphatic heterocycles. The Hall–Kier alpha value is -3.70. The second-order valence-electron chi connectivity index (χ2n) is 8.19. The van der Waals surface area contributed by atoms with Gasteiger partial charge in [0.25, 0.3) is 5.56 Å². The molecule has 0 radical (unpaired) electrons. The lowest BCUT2D eigenvalue weighted by Gasteiger charge is -2.26. The van der Waals surface area contributed by atoms with Crippen molar-refractivity contribution >= 4 is 45.3 Å². The van der Waals surface area contributed by atoms with Gasteiger partial charge >= 0.3 is 11.9 Å². The Morgan fingerprint density at radius 1 is 1.13 bits per heavy atom. The maximum absolute atomic E-state index is 13.9. The Kier molecular flexibility index (Phi) is 8.17. The predicted molar refractivity (Wildman–Crippen MR) is 145 cm³/mol. The van der Waals surface area contributed by atoms with Crippen LogP contribution in [0.4, 0.5) is 0 Å². The van der Waals surface area contributed by atoms with E-state index in [2.05, 4.69) is 20.9 Å². The van der Waals surface area contributed by atoms with E-state index >= 15 is 0 Å². The van der Waals surface area contributed by atoms with Crippen molar-refractivity contribution in [3.05, 3.63) is 83.0 Å². The van der Waals surface area contributed by atoms with Crippen LogP contribution in [-0.2, 0) is 14.3 Å². The van der Waals surface area contributed by atoms with Crippen LogP contribution in [0.5, 0.6) is 17.2 Å². The molecule has 0 aliphatic carbocycles. The maximum atomic E-state index is 13.9. The first-order valence-corrected chi connectivity index (χ1v) is 13.2. The molecule has 198 valence electrons. The van der Waals surface area contributed by atoms with Gasteiger partial charge in [-0.25, -0.2) is 9.79 Å². The van der Waals surface area contributed by atoms with Crippen molar-refractivity contribution in [3.63, 3.8) is 0 Å². The van der Waals surface area contributed by atoms with E-state index in [1.807, 2.05) is 0 Å². The van der Waals surface area contributed by atoms with Gasteiger partial charge < -0.3 is 18.9 Å². The number of hydrogen-bond acceptors (Lipinski definition) is 9. The summed E-state index contributed by atoms with van der Waals surface area (Å²) in [6.07, 6.45) is 1.64. The van der Waals surface area contributed by atoms with Crippen molar-refractivity contribution in [1.82, 2.24) is 4.57 Å². The highest BCUT2D eigenvalue weighted by Gasteiger charge is 2.35. The minimum Gasteiger partial charge on any atom is -0.497 e. The number of ether oxygens (including phenoxy) is 4. The summed E-state index contributed by atoms with van der Waals surface area (Å²) < 4.78 is 24.3. The minimum absolute atomic E-state index is 0.157. The molecule has 0 amide bonds. The van der Waals surface area contributed by atoms with E-state index in [0.717, 1.165) is 15.8 Å². The number of benzene rings is 2. The van der Waals surface area contributed by atoms with Crippen molar-refractivity contribution in [1.29, 1.82) is 0 Å². The summed E-state index contributed by atoms with van der Waals surface area (Å²) in [5.74, 6) is 0.234. The topological polar surface area (TPSA) is 105 Å². The van der Waals surface area contributed by atoms with Crippen LogP contribution in [0.1, 0.15) is 37.9 Å². The van der Waals surface area contributed by atoms with Crippen LogP contribution in [0.25, 0.3) is 6.08 Å². The number of hydrogen-bond donors (Lipinski definition) is 0. The van der Waals surface area contributed by atoms with Crippen LogP contribution < -0.4 is 29.1 Å². The molecule has 3 aromatic rings. The summed E-state index contributed by atoms with van der Waals surface area (Å²) in [5, 5.41) is 0. The number of methoxy groups -OCH3 is 2. The molecular formula is C27H25BrN2O7S.